The van der Waals surface area contributed by atoms with Crippen molar-refractivity contribution >= 4 is 11.7 Å². The molecule has 2 aliphatic rings. The van der Waals surface area contributed by atoms with Gasteiger partial charge in [0.15, 0.2) is 0 Å². The van der Waals surface area contributed by atoms with Crippen LogP contribution in [0, 0.1) is 0 Å². The van der Waals surface area contributed by atoms with E-state index in [0.29, 0.717) is 29.6 Å². The van der Waals surface area contributed by atoms with E-state index in [0.717, 1.165) is 42.1 Å². The van der Waals surface area contributed by atoms with E-state index in [2.05, 4.69) is 27.3 Å². The van der Waals surface area contributed by atoms with Crippen LogP contribution in [0.5, 0.6) is 11.5 Å². The van der Waals surface area contributed by atoms with Crippen molar-refractivity contribution < 1.29 is 19.1 Å². The van der Waals surface area contributed by atoms with E-state index in [1.165, 1.54) is 18.4 Å². The molecule has 7 heteroatoms. The zero-order valence-electron chi connectivity index (χ0n) is 20.4. The molecule has 2 N–H and O–H groups in total. The Balaban J connectivity index is 1.03. The Hall–Kier alpha value is -4.10. The first kappa shape index (κ1) is 23.3. The summed E-state index contributed by atoms with van der Waals surface area (Å²) in [6.07, 6.45) is 7.86. The maximum absolute atomic E-state index is 11.1. The summed E-state index contributed by atoms with van der Waals surface area (Å²) in [5, 5.41) is 12.9. The van der Waals surface area contributed by atoms with Gasteiger partial charge in [0.2, 0.25) is 5.89 Å². The summed E-state index contributed by atoms with van der Waals surface area (Å²) in [6.45, 7) is 0.882. The van der Waals surface area contributed by atoms with Crippen molar-refractivity contribution in [1.29, 1.82) is 0 Å². The van der Waals surface area contributed by atoms with Crippen molar-refractivity contribution in [2.24, 2.45) is 0 Å². The van der Waals surface area contributed by atoms with Crippen LogP contribution in [-0.4, -0.2) is 39.1 Å². The lowest BCUT2D eigenvalue weighted by molar-refractivity contribution is 0.0696. The number of nitrogens with one attached hydrogen (secondary N) is 1. The van der Waals surface area contributed by atoms with Gasteiger partial charge in [0.05, 0.1) is 11.8 Å². The van der Waals surface area contributed by atoms with Crippen LogP contribution in [-0.2, 0) is 6.54 Å². The van der Waals surface area contributed by atoms with Crippen LogP contribution in [0.2, 0.25) is 0 Å². The van der Waals surface area contributed by atoms with Crippen molar-refractivity contribution in [2.45, 2.75) is 50.4 Å². The van der Waals surface area contributed by atoms with E-state index < -0.39 is 5.97 Å². The van der Waals surface area contributed by atoms with E-state index in [1.54, 1.807) is 24.6 Å². The molecule has 2 aliphatic heterocycles. The highest BCUT2D eigenvalue weighted by molar-refractivity contribution is 5.87. The lowest BCUT2D eigenvalue weighted by Gasteiger charge is -2.39. The minimum atomic E-state index is -0.879. The van der Waals surface area contributed by atoms with Crippen LogP contribution < -0.4 is 10.1 Å². The van der Waals surface area contributed by atoms with Gasteiger partial charge in [-0.05, 0) is 91.9 Å². The molecule has 3 heterocycles. The van der Waals surface area contributed by atoms with Crippen LogP contribution in [0.3, 0.4) is 0 Å². The van der Waals surface area contributed by atoms with Gasteiger partial charge in [-0.3, -0.25) is 4.90 Å². The highest BCUT2D eigenvalue weighted by atomic mass is 16.5. The molecule has 1 aromatic heterocycles. The number of rotatable bonds is 8. The minimum Gasteiger partial charge on any atom is -0.478 e. The predicted molar refractivity (Wildman–Crippen MR) is 141 cm³/mol. The number of anilines is 1. The predicted octanol–water partition coefficient (Wildman–Crippen LogP) is 6.44. The molecule has 0 radical (unpaired) electrons. The first-order chi connectivity index (χ1) is 18.1. The Morgan fingerprint density at radius 2 is 1.59 bits per heavy atom. The Morgan fingerprint density at radius 3 is 2.19 bits per heavy atom. The molecule has 0 saturated carbocycles. The monoisotopic (exact) mass is 495 g/mol. The Kier molecular flexibility index (Phi) is 6.37. The lowest BCUT2D eigenvalue weighted by atomic mass is 9.96. The molecule has 2 bridgehead atoms. The first-order valence-electron chi connectivity index (χ1n) is 12.7. The molecule has 6 rings (SSSR count). The normalized spacial score (nSPS) is 21.0. The number of carboxylic acids is 1. The summed E-state index contributed by atoms with van der Waals surface area (Å²) in [6, 6.07) is 24.7. The summed E-state index contributed by atoms with van der Waals surface area (Å²) in [4.78, 5) is 17.9. The van der Waals surface area contributed by atoms with Crippen molar-refractivity contribution in [3.05, 3.63) is 96.4 Å². The van der Waals surface area contributed by atoms with E-state index >= 15 is 0 Å². The molecule has 0 amide bonds. The maximum Gasteiger partial charge on any atom is 0.335 e. The zero-order valence-corrected chi connectivity index (χ0v) is 20.4. The zero-order chi connectivity index (χ0) is 25.2. The number of hydrogen-bond donors (Lipinski definition) is 2. The third-order valence-corrected chi connectivity index (χ3v) is 7.44. The van der Waals surface area contributed by atoms with E-state index in [9.17, 15) is 4.79 Å². The van der Waals surface area contributed by atoms with Crippen LogP contribution in [0.4, 0.5) is 5.69 Å². The van der Waals surface area contributed by atoms with Gasteiger partial charge >= 0.3 is 5.97 Å². The van der Waals surface area contributed by atoms with Crippen LogP contribution in [0.15, 0.2) is 89.7 Å². The number of fused-ring (bicyclic) bond motifs is 2. The molecule has 0 unspecified atom stereocenters. The van der Waals surface area contributed by atoms with E-state index in [1.807, 2.05) is 48.5 Å². The van der Waals surface area contributed by atoms with Crippen molar-refractivity contribution in [1.82, 2.24) is 9.88 Å². The fourth-order valence-corrected chi connectivity index (χ4v) is 5.64. The fraction of sp³-hybridized carbons (Fsp3) is 0.267. The summed E-state index contributed by atoms with van der Waals surface area (Å²) < 4.78 is 11.3. The quantitative estimate of drug-likeness (QED) is 0.291. The largest absolute Gasteiger partial charge is 0.478 e. The highest BCUT2D eigenvalue weighted by Gasteiger charge is 2.40. The number of carbonyl (C=O) groups is 1. The average Bonchev–Trinajstić information content (AvgIpc) is 3.52. The van der Waals surface area contributed by atoms with Crippen LogP contribution in [0.1, 0.15) is 41.6 Å². The highest BCUT2D eigenvalue weighted by Crippen LogP contribution is 2.38. The van der Waals surface area contributed by atoms with Crippen molar-refractivity contribution in [2.75, 3.05) is 5.32 Å². The third-order valence-electron chi connectivity index (χ3n) is 7.44. The topological polar surface area (TPSA) is 87.8 Å². The third kappa shape index (κ3) is 5.22. The van der Waals surface area contributed by atoms with Gasteiger partial charge in [-0.15, -0.1) is 0 Å². The summed E-state index contributed by atoms with van der Waals surface area (Å²) in [5.74, 6) is 1.27. The van der Waals surface area contributed by atoms with E-state index in [4.69, 9.17) is 14.3 Å². The van der Waals surface area contributed by atoms with Crippen LogP contribution >= 0.6 is 0 Å². The van der Waals surface area contributed by atoms with Crippen molar-refractivity contribution in [3.63, 3.8) is 0 Å². The van der Waals surface area contributed by atoms with Crippen LogP contribution in [0.25, 0.3) is 11.5 Å². The van der Waals surface area contributed by atoms with Gasteiger partial charge in [0, 0.05) is 35.9 Å². The SMILES string of the molecule is O=C(O)c1ccc(CN2[C@@H]3CC[C@@H]2CC(Nc2ccc(Oc4ccc(-c5ncco5)cc4)cc2)C3)cc1. The average molecular weight is 496 g/mol. The molecule has 2 atom stereocenters. The standard InChI is InChI=1S/C30H29N3O4/c34-30(35)22-3-1-20(2-4-22)19-33-25-9-10-26(33)18-24(17-25)32-23-7-13-28(14-8-23)37-27-11-5-21(6-12-27)29-31-15-16-36-29/h1-8,11-16,24-26,32H,9-10,17-19H2,(H,34,35)/t25-,26-/m1/s1. The lowest BCUT2D eigenvalue weighted by Crippen LogP contribution is -2.46. The molecule has 4 aromatic rings. The number of piperidine rings is 1. The van der Waals surface area contributed by atoms with E-state index in [-0.39, 0.29) is 0 Å². The molecule has 0 aliphatic carbocycles. The Bertz CT molecular complexity index is 1320. The number of aromatic nitrogens is 1. The van der Waals surface area contributed by atoms with Gasteiger partial charge in [-0.2, -0.15) is 0 Å². The molecule has 7 nitrogen and oxygen atoms in total. The van der Waals surface area contributed by atoms with Crippen molar-refractivity contribution in [3.8, 4) is 23.0 Å². The molecular formula is C30H29N3O4. The van der Waals surface area contributed by atoms with Gasteiger partial charge in [0.1, 0.15) is 17.8 Å². The van der Waals surface area contributed by atoms with Gasteiger partial charge in [0.25, 0.3) is 0 Å². The van der Waals surface area contributed by atoms with Gasteiger partial charge < -0.3 is 19.6 Å². The summed E-state index contributed by atoms with van der Waals surface area (Å²) in [5.41, 5.74) is 3.53. The molecule has 2 fully saturated rings. The molecule has 37 heavy (non-hydrogen) atoms. The summed E-state index contributed by atoms with van der Waals surface area (Å²) >= 11 is 0. The molecule has 0 spiro atoms. The Labute approximate surface area is 215 Å². The second-order valence-electron chi connectivity index (χ2n) is 9.86. The van der Waals surface area contributed by atoms with Gasteiger partial charge in [-0.25, -0.2) is 9.78 Å². The number of benzene rings is 3. The number of aromatic carboxylic acids is 1. The molecule has 188 valence electrons. The summed E-state index contributed by atoms with van der Waals surface area (Å²) in [7, 11) is 0. The number of nitrogens with zero attached hydrogens (tertiary/aromatic N) is 2. The molecular weight excluding hydrogens is 466 g/mol. The fourth-order valence-electron chi connectivity index (χ4n) is 5.64. The Morgan fingerprint density at radius 1 is 0.946 bits per heavy atom. The number of carboxylic acid groups (broad SMARTS) is 1. The molecule has 3 aromatic carbocycles. The second-order valence-corrected chi connectivity index (χ2v) is 9.86. The number of ether oxygens (including phenoxy) is 1. The maximum atomic E-state index is 11.1. The number of oxazole rings is 1. The minimum absolute atomic E-state index is 0.339. The smallest absolute Gasteiger partial charge is 0.335 e. The molecule has 2 saturated heterocycles. The number of hydrogen-bond acceptors (Lipinski definition) is 6. The first-order valence-corrected chi connectivity index (χ1v) is 12.7. The van der Waals surface area contributed by atoms with Gasteiger partial charge in [-0.1, -0.05) is 12.1 Å². The second kappa shape index (κ2) is 10.1.